The predicted octanol–water partition coefficient (Wildman–Crippen LogP) is 4.41. The number of ether oxygens (including phenoxy) is 3. The van der Waals surface area contributed by atoms with E-state index < -0.39 is 0 Å². The maximum Gasteiger partial charge on any atom is 0.248 e. The van der Waals surface area contributed by atoms with Crippen LogP contribution in [0.3, 0.4) is 0 Å². The van der Waals surface area contributed by atoms with Crippen LogP contribution in [0.1, 0.15) is 19.4 Å². The van der Waals surface area contributed by atoms with Crippen molar-refractivity contribution in [1.82, 2.24) is 9.55 Å². The Hall–Kier alpha value is -3.74. The fourth-order valence-corrected chi connectivity index (χ4v) is 2.86. The number of amides is 1. The smallest absolute Gasteiger partial charge is 0.248 e. The summed E-state index contributed by atoms with van der Waals surface area (Å²) < 4.78 is 18.9. The molecule has 0 aliphatic rings. The summed E-state index contributed by atoms with van der Waals surface area (Å²) in [7, 11) is 1.59. The Labute approximate surface area is 182 Å². The molecule has 0 bridgehead atoms. The van der Waals surface area contributed by atoms with Crippen molar-refractivity contribution in [2.45, 2.75) is 26.5 Å². The van der Waals surface area contributed by atoms with Gasteiger partial charge in [-0.25, -0.2) is 4.98 Å². The predicted molar refractivity (Wildman–Crippen MR) is 121 cm³/mol. The molecule has 1 heterocycles. The van der Waals surface area contributed by atoms with Gasteiger partial charge in [0.05, 0.1) is 31.8 Å². The molecule has 162 valence electrons. The van der Waals surface area contributed by atoms with Gasteiger partial charge in [0.25, 0.3) is 0 Å². The van der Waals surface area contributed by atoms with Crippen molar-refractivity contribution in [2.24, 2.45) is 0 Å². The molecule has 3 aromatic rings. The van der Waals surface area contributed by atoms with E-state index >= 15 is 0 Å². The normalized spacial score (nSPS) is 11.0. The zero-order valence-electron chi connectivity index (χ0n) is 17.9. The van der Waals surface area contributed by atoms with Gasteiger partial charge in [0.15, 0.2) is 11.5 Å². The zero-order valence-corrected chi connectivity index (χ0v) is 17.9. The molecule has 0 saturated carbocycles. The van der Waals surface area contributed by atoms with Crippen LogP contribution in [-0.4, -0.2) is 35.3 Å². The van der Waals surface area contributed by atoms with Crippen LogP contribution in [0.2, 0.25) is 0 Å². The van der Waals surface area contributed by atoms with Crippen LogP contribution in [0.25, 0.3) is 6.08 Å². The first kappa shape index (κ1) is 22.0. The van der Waals surface area contributed by atoms with Gasteiger partial charge >= 0.3 is 0 Å². The Morgan fingerprint density at radius 1 is 1.16 bits per heavy atom. The monoisotopic (exact) mass is 421 g/mol. The number of anilines is 1. The van der Waals surface area contributed by atoms with E-state index in [9.17, 15) is 4.79 Å². The number of imidazole rings is 1. The van der Waals surface area contributed by atoms with E-state index in [4.69, 9.17) is 14.2 Å². The van der Waals surface area contributed by atoms with Crippen LogP contribution in [0.4, 0.5) is 5.69 Å². The van der Waals surface area contributed by atoms with Crippen LogP contribution in [0.5, 0.6) is 17.2 Å². The quantitative estimate of drug-likeness (QED) is 0.491. The summed E-state index contributed by atoms with van der Waals surface area (Å²) in [6.45, 7) is 5.04. The molecule has 0 aliphatic heterocycles. The fraction of sp³-hybridized carbons (Fsp3) is 0.250. The summed E-state index contributed by atoms with van der Waals surface area (Å²) in [5, 5.41) is 2.86. The summed E-state index contributed by atoms with van der Waals surface area (Å²) in [5.41, 5.74) is 1.44. The highest BCUT2D eigenvalue weighted by molar-refractivity contribution is 6.02. The maximum atomic E-state index is 12.4. The standard InChI is InChI=1S/C24H27N3O4/c1-18(2)31-22-10-8-19(16-23(22)29-3)9-11-24(28)26-20-6-4-5-7-21(20)30-15-14-27-13-12-25-17-27/h4-13,16-18H,14-15H2,1-3H3,(H,26,28)/b11-9+. The van der Waals surface area contributed by atoms with Gasteiger partial charge in [-0.05, 0) is 49.8 Å². The second-order valence-corrected chi connectivity index (χ2v) is 7.04. The van der Waals surface area contributed by atoms with Crippen LogP contribution >= 0.6 is 0 Å². The van der Waals surface area contributed by atoms with Crippen molar-refractivity contribution < 1.29 is 19.0 Å². The van der Waals surface area contributed by atoms with Crippen molar-refractivity contribution in [3.63, 3.8) is 0 Å². The number of hydrogen-bond acceptors (Lipinski definition) is 5. The van der Waals surface area contributed by atoms with E-state index in [1.165, 1.54) is 6.08 Å². The van der Waals surface area contributed by atoms with Gasteiger partial charge in [-0.3, -0.25) is 4.79 Å². The topological polar surface area (TPSA) is 74.6 Å². The lowest BCUT2D eigenvalue weighted by Gasteiger charge is -2.13. The molecular weight excluding hydrogens is 394 g/mol. The van der Waals surface area contributed by atoms with Crippen molar-refractivity contribution in [1.29, 1.82) is 0 Å². The molecule has 0 unspecified atom stereocenters. The third-order valence-electron chi connectivity index (χ3n) is 4.29. The van der Waals surface area contributed by atoms with Gasteiger partial charge in [0, 0.05) is 18.5 Å². The molecule has 7 heteroatoms. The number of nitrogens with one attached hydrogen (secondary N) is 1. The first-order valence-electron chi connectivity index (χ1n) is 10.1. The van der Waals surface area contributed by atoms with Crippen molar-refractivity contribution in [3.05, 3.63) is 72.8 Å². The van der Waals surface area contributed by atoms with Crippen LogP contribution in [0.15, 0.2) is 67.3 Å². The van der Waals surface area contributed by atoms with E-state index in [1.807, 2.05) is 61.0 Å². The van der Waals surface area contributed by atoms with Gasteiger partial charge in [0.1, 0.15) is 12.4 Å². The Balaban J connectivity index is 1.61. The first-order chi connectivity index (χ1) is 15.0. The molecule has 31 heavy (non-hydrogen) atoms. The number of para-hydroxylation sites is 2. The van der Waals surface area contributed by atoms with Gasteiger partial charge in [-0.1, -0.05) is 18.2 Å². The molecule has 0 radical (unpaired) electrons. The van der Waals surface area contributed by atoms with Gasteiger partial charge in [0.2, 0.25) is 5.91 Å². The number of nitrogens with zero attached hydrogens (tertiary/aromatic N) is 2. The highest BCUT2D eigenvalue weighted by Gasteiger charge is 2.08. The summed E-state index contributed by atoms with van der Waals surface area (Å²) >= 11 is 0. The summed E-state index contributed by atoms with van der Waals surface area (Å²) in [4.78, 5) is 16.4. The number of hydrogen-bond donors (Lipinski definition) is 1. The molecule has 0 aliphatic carbocycles. The molecule has 1 aromatic heterocycles. The Kier molecular flexibility index (Phi) is 7.70. The summed E-state index contributed by atoms with van der Waals surface area (Å²) in [5.74, 6) is 1.64. The Bertz CT molecular complexity index is 1010. The highest BCUT2D eigenvalue weighted by Crippen LogP contribution is 2.29. The lowest BCUT2D eigenvalue weighted by atomic mass is 10.2. The third kappa shape index (κ3) is 6.64. The molecule has 3 rings (SSSR count). The van der Waals surface area contributed by atoms with Crippen LogP contribution in [0, 0.1) is 0 Å². The first-order valence-corrected chi connectivity index (χ1v) is 10.1. The molecule has 1 N–H and O–H groups in total. The average molecular weight is 421 g/mol. The van der Waals surface area contributed by atoms with E-state index in [2.05, 4.69) is 10.3 Å². The maximum absolute atomic E-state index is 12.4. The second-order valence-electron chi connectivity index (χ2n) is 7.04. The zero-order chi connectivity index (χ0) is 22.1. The van der Waals surface area contributed by atoms with E-state index in [1.54, 1.807) is 31.8 Å². The van der Waals surface area contributed by atoms with Gasteiger partial charge < -0.3 is 24.1 Å². The van der Waals surface area contributed by atoms with Crippen LogP contribution in [-0.2, 0) is 11.3 Å². The lowest BCUT2D eigenvalue weighted by molar-refractivity contribution is -0.111. The molecule has 0 spiro atoms. The molecule has 0 fully saturated rings. The number of rotatable bonds is 10. The summed E-state index contributed by atoms with van der Waals surface area (Å²) in [6.07, 6.45) is 8.57. The highest BCUT2D eigenvalue weighted by atomic mass is 16.5. The molecule has 0 atom stereocenters. The number of carbonyl (C=O) groups excluding carboxylic acids is 1. The number of methoxy groups -OCH3 is 1. The third-order valence-corrected chi connectivity index (χ3v) is 4.29. The summed E-state index contributed by atoms with van der Waals surface area (Å²) in [6, 6.07) is 12.9. The molecule has 7 nitrogen and oxygen atoms in total. The number of carbonyl (C=O) groups is 1. The largest absolute Gasteiger partial charge is 0.493 e. The second kappa shape index (κ2) is 10.9. The van der Waals surface area contributed by atoms with E-state index in [0.717, 1.165) is 5.56 Å². The minimum absolute atomic E-state index is 0.0447. The Morgan fingerprint density at radius 3 is 2.74 bits per heavy atom. The number of benzene rings is 2. The fourth-order valence-electron chi connectivity index (χ4n) is 2.86. The molecular formula is C24H27N3O4. The van der Waals surface area contributed by atoms with Crippen LogP contribution < -0.4 is 19.5 Å². The Morgan fingerprint density at radius 2 is 2.00 bits per heavy atom. The number of aromatic nitrogens is 2. The molecule has 1 amide bonds. The van der Waals surface area contributed by atoms with Crippen molar-refractivity contribution in [2.75, 3.05) is 19.0 Å². The van der Waals surface area contributed by atoms with Gasteiger partial charge in [-0.2, -0.15) is 0 Å². The average Bonchev–Trinajstić information content (AvgIpc) is 3.27. The minimum atomic E-state index is -0.257. The SMILES string of the molecule is COc1cc(/C=C/C(=O)Nc2ccccc2OCCn2ccnc2)ccc1OC(C)C. The molecule has 2 aromatic carbocycles. The van der Waals surface area contributed by atoms with Crippen molar-refractivity contribution in [3.8, 4) is 17.2 Å². The molecule has 0 saturated heterocycles. The van der Waals surface area contributed by atoms with Crippen molar-refractivity contribution >= 4 is 17.7 Å². The minimum Gasteiger partial charge on any atom is -0.493 e. The van der Waals surface area contributed by atoms with Gasteiger partial charge in [-0.15, -0.1) is 0 Å². The lowest BCUT2D eigenvalue weighted by Crippen LogP contribution is -2.11. The van der Waals surface area contributed by atoms with E-state index in [0.29, 0.717) is 36.1 Å². The van der Waals surface area contributed by atoms with E-state index in [-0.39, 0.29) is 12.0 Å².